The van der Waals surface area contributed by atoms with Crippen LogP contribution in [0.25, 0.3) is 0 Å². The Morgan fingerprint density at radius 1 is 1.17 bits per heavy atom. The number of esters is 1. The first-order valence-electron chi connectivity index (χ1n) is 7.39. The number of nitrogens with zero attached hydrogens (tertiary/aromatic N) is 2. The first-order valence-corrected chi connectivity index (χ1v) is 7.39. The van der Waals surface area contributed by atoms with Crippen molar-refractivity contribution in [3.05, 3.63) is 53.6 Å². The van der Waals surface area contributed by atoms with Crippen molar-refractivity contribution in [3.8, 4) is 0 Å². The predicted octanol–water partition coefficient (Wildman–Crippen LogP) is 2.53. The average Bonchev–Trinajstić information content (AvgIpc) is 2.56. The Morgan fingerprint density at radius 3 is 2.43 bits per heavy atom. The summed E-state index contributed by atoms with van der Waals surface area (Å²) >= 11 is 0. The molecule has 0 radical (unpaired) electrons. The quantitative estimate of drug-likeness (QED) is 0.858. The van der Waals surface area contributed by atoms with Crippen LogP contribution in [-0.2, 0) is 16.0 Å². The standard InChI is InChI=1S/C17H19N3O3/c1-4-13-5-7-14(8-6-13)20-16(21)12(3)23-17(22)15-10-18-11(2)9-19-15/h5-10,12H,4H2,1-3H3,(H,20,21)/t12-/m1/s1. The van der Waals surface area contributed by atoms with E-state index in [1.165, 1.54) is 24.9 Å². The molecule has 0 fully saturated rings. The molecule has 0 aliphatic rings. The highest BCUT2D eigenvalue weighted by molar-refractivity contribution is 5.96. The van der Waals surface area contributed by atoms with E-state index in [1.807, 2.05) is 24.3 Å². The third kappa shape index (κ3) is 4.60. The molecular formula is C17H19N3O3. The molecule has 2 rings (SSSR count). The van der Waals surface area contributed by atoms with Crippen molar-refractivity contribution >= 4 is 17.6 Å². The number of anilines is 1. The summed E-state index contributed by atoms with van der Waals surface area (Å²) in [6.45, 7) is 5.33. The number of hydrogen-bond acceptors (Lipinski definition) is 5. The van der Waals surface area contributed by atoms with Crippen molar-refractivity contribution < 1.29 is 14.3 Å². The fourth-order valence-electron chi connectivity index (χ4n) is 1.84. The number of carbonyl (C=O) groups is 2. The van der Waals surface area contributed by atoms with Crippen molar-refractivity contribution in [3.63, 3.8) is 0 Å². The molecule has 6 heteroatoms. The number of aromatic nitrogens is 2. The van der Waals surface area contributed by atoms with Gasteiger partial charge < -0.3 is 10.1 Å². The van der Waals surface area contributed by atoms with Gasteiger partial charge in [0.1, 0.15) is 0 Å². The fraction of sp³-hybridized carbons (Fsp3) is 0.294. The molecule has 0 saturated heterocycles. The van der Waals surface area contributed by atoms with Crippen LogP contribution < -0.4 is 5.32 Å². The minimum absolute atomic E-state index is 0.0718. The van der Waals surface area contributed by atoms with Gasteiger partial charge in [-0.05, 0) is 38.0 Å². The Morgan fingerprint density at radius 2 is 1.87 bits per heavy atom. The largest absolute Gasteiger partial charge is 0.448 e. The monoisotopic (exact) mass is 313 g/mol. The van der Waals surface area contributed by atoms with Gasteiger partial charge in [-0.1, -0.05) is 19.1 Å². The SMILES string of the molecule is CCc1ccc(NC(=O)[C@@H](C)OC(=O)c2cnc(C)cn2)cc1. The normalized spacial score (nSPS) is 11.6. The van der Waals surface area contributed by atoms with Crippen molar-refractivity contribution in [2.75, 3.05) is 5.32 Å². The molecule has 0 spiro atoms. The molecule has 1 aromatic heterocycles. The van der Waals surface area contributed by atoms with Gasteiger partial charge in [0.15, 0.2) is 11.8 Å². The maximum atomic E-state index is 12.1. The number of rotatable bonds is 5. The zero-order valence-electron chi connectivity index (χ0n) is 13.4. The smallest absolute Gasteiger partial charge is 0.359 e. The number of benzene rings is 1. The van der Waals surface area contributed by atoms with Crippen LogP contribution in [0, 0.1) is 6.92 Å². The van der Waals surface area contributed by atoms with Crippen LogP contribution in [0.2, 0.25) is 0 Å². The van der Waals surface area contributed by atoms with Crippen molar-refractivity contribution in [1.82, 2.24) is 9.97 Å². The first-order chi connectivity index (χ1) is 11.0. The topological polar surface area (TPSA) is 81.2 Å². The summed E-state index contributed by atoms with van der Waals surface area (Å²) in [6, 6.07) is 7.51. The Balaban J connectivity index is 1.93. The first kappa shape index (κ1) is 16.6. The van der Waals surface area contributed by atoms with Gasteiger partial charge >= 0.3 is 5.97 Å². The maximum Gasteiger partial charge on any atom is 0.359 e. The molecule has 0 aliphatic heterocycles. The van der Waals surface area contributed by atoms with Crippen molar-refractivity contribution in [2.45, 2.75) is 33.3 Å². The molecule has 0 saturated carbocycles. The highest BCUT2D eigenvalue weighted by Crippen LogP contribution is 2.11. The Kier molecular flexibility index (Phi) is 5.41. The molecule has 1 atom stereocenters. The second kappa shape index (κ2) is 7.49. The van der Waals surface area contributed by atoms with Gasteiger partial charge in [0.25, 0.3) is 5.91 Å². The van der Waals surface area contributed by atoms with Crippen LogP contribution in [0.15, 0.2) is 36.7 Å². The lowest BCUT2D eigenvalue weighted by molar-refractivity contribution is -0.123. The number of aryl methyl sites for hydroxylation is 2. The van der Waals surface area contributed by atoms with Crippen LogP contribution in [0.3, 0.4) is 0 Å². The summed E-state index contributed by atoms with van der Waals surface area (Å²) in [5.74, 6) is -1.08. The van der Waals surface area contributed by atoms with E-state index in [-0.39, 0.29) is 5.69 Å². The van der Waals surface area contributed by atoms with Gasteiger partial charge in [-0.3, -0.25) is 9.78 Å². The Hall–Kier alpha value is -2.76. The number of ether oxygens (including phenoxy) is 1. The summed E-state index contributed by atoms with van der Waals surface area (Å²) in [5.41, 5.74) is 2.61. The molecular weight excluding hydrogens is 294 g/mol. The lowest BCUT2D eigenvalue weighted by Crippen LogP contribution is -2.30. The molecule has 1 N–H and O–H groups in total. The highest BCUT2D eigenvalue weighted by Gasteiger charge is 2.20. The van der Waals surface area contributed by atoms with Crippen LogP contribution >= 0.6 is 0 Å². The number of hydrogen-bond donors (Lipinski definition) is 1. The minimum Gasteiger partial charge on any atom is -0.448 e. The lowest BCUT2D eigenvalue weighted by Gasteiger charge is -2.13. The number of amides is 1. The van der Waals surface area contributed by atoms with Gasteiger partial charge in [0, 0.05) is 11.9 Å². The van der Waals surface area contributed by atoms with Crippen LogP contribution in [0.1, 0.15) is 35.6 Å². The molecule has 0 bridgehead atoms. The van der Waals surface area contributed by atoms with Gasteiger partial charge in [-0.15, -0.1) is 0 Å². The van der Waals surface area contributed by atoms with Gasteiger partial charge in [0.2, 0.25) is 0 Å². The lowest BCUT2D eigenvalue weighted by atomic mass is 10.1. The average molecular weight is 313 g/mol. The summed E-state index contributed by atoms with van der Waals surface area (Å²) in [5, 5.41) is 2.71. The molecule has 2 aromatic rings. The van der Waals surface area contributed by atoms with Crippen LogP contribution in [0.4, 0.5) is 5.69 Å². The third-order valence-corrected chi connectivity index (χ3v) is 3.27. The van der Waals surface area contributed by atoms with E-state index < -0.39 is 18.0 Å². The molecule has 6 nitrogen and oxygen atoms in total. The zero-order chi connectivity index (χ0) is 16.8. The minimum atomic E-state index is -0.934. The number of nitrogens with one attached hydrogen (secondary N) is 1. The molecule has 0 aliphatic carbocycles. The molecule has 1 aromatic carbocycles. The summed E-state index contributed by atoms with van der Waals surface area (Å²) in [7, 11) is 0. The molecule has 23 heavy (non-hydrogen) atoms. The van der Waals surface area contributed by atoms with E-state index in [1.54, 1.807) is 6.92 Å². The molecule has 1 amide bonds. The van der Waals surface area contributed by atoms with E-state index in [0.717, 1.165) is 6.42 Å². The second-order valence-electron chi connectivity index (χ2n) is 5.13. The summed E-state index contributed by atoms with van der Waals surface area (Å²) in [4.78, 5) is 31.9. The predicted molar refractivity (Wildman–Crippen MR) is 86.1 cm³/mol. The van der Waals surface area contributed by atoms with Crippen LogP contribution in [0.5, 0.6) is 0 Å². The van der Waals surface area contributed by atoms with Gasteiger partial charge in [0.05, 0.1) is 11.9 Å². The van der Waals surface area contributed by atoms with E-state index in [4.69, 9.17) is 4.74 Å². The van der Waals surface area contributed by atoms with Crippen molar-refractivity contribution in [2.24, 2.45) is 0 Å². The zero-order valence-corrected chi connectivity index (χ0v) is 13.4. The molecule has 120 valence electrons. The Labute approximate surface area is 134 Å². The maximum absolute atomic E-state index is 12.1. The number of carbonyl (C=O) groups excluding carboxylic acids is 2. The fourth-order valence-corrected chi connectivity index (χ4v) is 1.84. The van der Waals surface area contributed by atoms with E-state index in [9.17, 15) is 9.59 Å². The van der Waals surface area contributed by atoms with E-state index in [2.05, 4.69) is 22.2 Å². The summed E-state index contributed by atoms with van der Waals surface area (Å²) < 4.78 is 5.10. The Bertz CT molecular complexity index is 681. The van der Waals surface area contributed by atoms with E-state index >= 15 is 0 Å². The highest BCUT2D eigenvalue weighted by atomic mass is 16.5. The molecule has 0 unspecified atom stereocenters. The van der Waals surface area contributed by atoms with Crippen molar-refractivity contribution in [1.29, 1.82) is 0 Å². The van der Waals surface area contributed by atoms with E-state index in [0.29, 0.717) is 11.4 Å². The summed E-state index contributed by atoms with van der Waals surface area (Å²) in [6.07, 6.45) is 2.79. The second-order valence-corrected chi connectivity index (χ2v) is 5.13. The van der Waals surface area contributed by atoms with Gasteiger partial charge in [-0.2, -0.15) is 0 Å². The molecule has 1 heterocycles. The van der Waals surface area contributed by atoms with Crippen LogP contribution in [-0.4, -0.2) is 27.9 Å². The van der Waals surface area contributed by atoms with Gasteiger partial charge in [-0.25, -0.2) is 9.78 Å². The third-order valence-electron chi connectivity index (χ3n) is 3.27.